The maximum Gasteiger partial charge on any atom is 0.248 e. The highest BCUT2D eigenvalue weighted by molar-refractivity contribution is 5.81. The Balaban J connectivity index is 2.77. The molecule has 2 atom stereocenters. The van der Waals surface area contributed by atoms with Crippen molar-refractivity contribution in [1.29, 1.82) is 0 Å². The van der Waals surface area contributed by atoms with Gasteiger partial charge in [-0.1, -0.05) is 6.92 Å². The monoisotopic (exact) mass is 187 g/mol. The lowest BCUT2D eigenvalue weighted by molar-refractivity contribution is -0.425. The van der Waals surface area contributed by atoms with E-state index in [9.17, 15) is 4.79 Å². The average Bonchev–Trinajstić information content (AvgIpc) is 2.09. The summed E-state index contributed by atoms with van der Waals surface area (Å²) in [5.41, 5.74) is 14.7. The van der Waals surface area contributed by atoms with Crippen LogP contribution in [0.15, 0.2) is 11.8 Å². The summed E-state index contributed by atoms with van der Waals surface area (Å²) in [5, 5.41) is 0. The van der Waals surface area contributed by atoms with Crippen molar-refractivity contribution in [2.75, 3.05) is 0 Å². The van der Waals surface area contributed by atoms with Gasteiger partial charge >= 0.3 is 0 Å². The third-order valence-corrected chi connectivity index (χ3v) is 1.81. The van der Waals surface area contributed by atoms with Crippen molar-refractivity contribution >= 4 is 5.91 Å². The second-order valence-electron chi connectivity index (χ2n) is 2.82. The highest BCUT2D eigenvalue weighted by Crippen LogP contribution is 2.31. The lowest BCUT2D eigenvalue weighted by atomic mass is 10.0. The molecule has 1 heterocycles. The van der Waals surface area contributed by atoms with Crippen molar-refractivity contribution in [2.45, 2.75) is 25.1 Å². The van der Waals surface area contributed by atoms with Gasteiger partial charge < -0.3 is 16.4 Å². The van der Waals surface area contributed by atoms with E-state index in [4.69, 9.17) is 17.2 Å². The predicted octanol–water partition coefficient (Wildman–Crippen LogP) is -1.29. The maximum atomic E-state index is 10.7. The fourth-order valence-electron chi connectivity index (χ4n) is 0.981. The maximum absolute atomic E-state index is 10.7. The largest absolute Gasteiger partial charge is 0.368 e. The van der Waals surface area contributed by atoms with Crippen LogP contribution in [0.1, 0.15) is 13.3 Å². The Labute approximate surface area is 75.6 Å². The average molecular weight is 187 g/mol. The topological polar surface area (TPSA) is 114 Å². The number of carbonyl (C=O) groups excluding carboxylic acids is 1. The van der Waals surface area contributed by atoms with Gasteiger partial charge in [-0.3, -0.25) is 10.5 Å². The standard InChI is InChI=1S/C7H13N3O3/c1-2-3-4-7(10,13-12-4)5(8)6(9)11/h3,5H,2,8,10H2,1H3,(H2,9,11)/b4-3-. The second kappa shape index (κ2) is 3.33. The van der Waals surface area contributed by atoms with Crippen LogP contribution >= 0.6 is 0 Å². The van der Waals surface area contributed by atoms with Crippen molar-refractivity contribution in [2.24, 2.45) is 17.2 Å². The smallest absolute Gasteiger partial charge is 0.248 e. The van der Waals surface area contributed by atoms with E-state index in [0.717, 1.165) is 0 Å². The van der Waals surface area contributed by atoms with Crippen LogP contribution in [0.3, 0.4) is 0 Å². The molecular formula is C7H13N3O3. The number of hydrogen-bond acceptors (Lipinski definition) is 5. The van der Waals surface area contributed by atoms with Crippen molar-refractivity contribution in [3.05, 3.63) is 11.8 Å². The zero-order chi connectivity index (χ0) is 10.1. The summed E-state index contributed by atoms with van der Waals surface area (Å²) >= 11 is 0. The molecule has 13 heavy (non-hydrogen) atoms. The summed E-state index contributed by atoms with van der Waals surface area (Å²) < 4.78 is 0. The zero-order valence-electron chi connectivity index (χ0n) is 7.32. The van der Waals surface area contributed by atoms with Gasteiger partial charge in [0.25, 0.3) is 0 Å². The molecule has 1 amide bonds. The molecule has 1 aliphatic rings. The first kappa shape index (κ1) is 9.97. The van der Waals surface area contributed by atoms with Gasteiger partial charge in [0.1, 0.15) is 6.04 Å². The molecule has 0 bridgehead atoms. The van der Waals surface area contributed by atoms with E-state index in [1.54, 1.807) is 6.08 Å². The molecule has 1 aliphatic heterocycles. The van der Waals surface area contributed by atoms with E-state index >= 15 is 0 Å². The molecule has 2 unspecified atom stereocenters. The summed E-state index contributed by atoms with van der Waals surface area (Å²) in [6.45, 7) is 1.89. The van der Waals surface area contributed by atoms with Crippen LogP contribution in [0.25, 0.3) is 0 Å². The van der Waals surface area contributed by atoms with Gasteiger partial charge in [0.05, 0.1) is 0 Å². The molecule has 6 heteroatoms. The number of primary amides is 1. The van der Waals surface area contributed by atoms with Crippen LogP contribution in [0.4, 0.5) is 0 Å². The molecule has 6 nitrogen and oxygen atoms in total. The van der Waals surface area contributed by atoms with Gasteiger partial charge in [0.2, 0.25) is 11.6 Å². The molecule has 0 radical (unpaired) electrons. The Hall–Kier alpha value is -1.11. The minimum atomic E-state index is -1.39. The minimum Gasteiger partial charge on any atom is -0.368 e. The van der Waals surface area contributed by atoms with Gasteiger partial charge in [-0.05, 0) is 12.5 Å². The summed E-state index contributed by atoms with van der Waals surface area (Å²) in [6.07, 6.45) is 2.40. The molecule has 0 spiro atoms. The Bertz CT molecular complexity index is 253. The number of carbonyl (C=O) groups is 1. The van der Waals surface area contributed by atoms with E-state index in [0.29, 0.717) is 12.2 Å². The van der Waals surface area contributed by atoms with Crippen LogP contribution < -0.4 is 17.2 Å². The molecule has 1 saturated heterocycles. The Morgan fingerprint density at radius 3 is 2.69 bits per heavy atom. The van der Waals surface area contributed by atoms with Crippen LogP contribution in [0, 0.1) is 0 Å². The van der Waals surface area contributed by atoms with E-state index in [1.807, 2.05) is 6.92 Å². The fraction of sp³-hybridized carbons (Fsp3) is 0.571. The van der Waals surface area contributed by atoms with Crippen LogP contribution in [0.5, 0.6) is 0 Å². The van der Waals surface area contributed by atoms with Crippen molar-refractivity contribution < 1.29 is 14.6 Å². The molecule has 0 aliphatic carbocycles. The minimum absolute atomic E-state index is 0.348. The molecule has 0 saturated carbocycles. The molecule has 1 rings (SSSR count). The van der Waals surface area contributed by atoms with Gasteiger partial charge in [0.15, 0.2) is 5.76 Å². The number of hydrogen-bond donors (Lipinski definition) is 3. The van der Waals surface area contributed by atoms with Crippen molar-refractivity contribution in [3.63, 3.8) is 0 Å². The normalized spacial score (nSPS) is 32.1. The quantitative estimate of drug-likeness (QED) is 0.476. The molecule has 74 valence electrons. The fourth-order valence-corrected chi connectivity index (χ4v) is 0.981. The summed E-state index contributed by atoms with van der Waals surface area (Å²) in [6, 6.07) is -1.10. The summed E-state index contributed by atoms with van der Waals surface area (Å²) in [5.74, 6) is -0.380. The first-order valence-electron chi connectivity index (χ1n) is 3.92. The van der Waals surface area contributed by atoms with Gasteiger partial charge in [-0.25, -0.2) is 0 Å². The third kappa shape index (κ3) is 1.51. The molecule has 1 fully saturated rings. The summed E-state index contributed by atoms with van der Waals surface area (Å²) in [7, 11) is 0. The van der Waals surface area contributed by atoms with Crippen LogP contribution in [-0.4, -0.2) is 17.7 Å². The molecule has 6 N–H and O–H groups in total. The first-order chi connectivity index (χ1) is 6.02. The van der Waals surface area contributed by atoms with E-state index in [-0.39, 0.29) is 0 Å². The van der Waals surface area contributed by atoms with E-state index < -0.39 is 17.7 Å². The SMILES string of the molecule is CC/C=C1\OOC1(N)C(N)C(N)=O. The summed E-state index contributed by atoms with van der Waals surface area (Å²) in [4.78, 5) is 19.9. The lowest BCUT2D eigenvalue weighted by Crippen LogP contribution is -2.68. The van der Waals surface area contributed by atoms with Gasteiger partial charge in [-0.15, -0.1) is 0 Å². The second-order valence-corrected chi connectivity index (χ2v) is 2.82. The number of amides is 1. The number of nitrogens with two attached hydrogens (primary N) is 3. The van der Waals surface area contributed by atoms with Gasteiger partial charge in [-0.2, -0.15) is 4.89 Å². The molecular weight excluding hydrogens is 174 g/mol. The van der Waals surface area contributed by atoms with Crippen LogP contribution in [0.2, 0.25) is 0 Å². The number of rotatable bonds is 3. The van der Waals surface area contributed by atoms with Crippen molar-refractivity contribution in [3.8, 4) is 0 Å². The van der Waals surface area contributed by atoms with Crippen molar-refractivity contribution in [1.82, 2.24) is 0 Å². The Morgan fingerprint density at radius 1 is 1.77 bits per heavy atom. The van der Waals surface area contributed by atoms with Gasteiger partial charge in [0, 0.05) is 0 Å². The molecule has 0 aromatic carbocycles. The number of allylic oxidation sites excluding steroid dienone is 1. The Kier molecular flexibility index (Phi) is 2.55. The molecule has 0 aromatic rings. The van der Waals surface area contributed by atoms with E-state index in [2.05, 4.69) is 9.78 Å². The highest BCUT2D eigenvalue weighted by Gasteiger charge is 2.52. The predicted molar refractivity (Wildman–Crippen MR) is 44.6 cm³/mol. The first-order valence-corrected chi connectivity index (χ1v) is 3.92. The molecule has 0 aromatic heterocycles. The highest BCUT2D eigenvalue weighted by atomic mass is 17.3. The third-order valence-electron chi connectivity index (χ3n) is 1.81. The zero-order valence-corrected chi connectivity index (χ0v) is 7.32. The Morgan fingerprint density at radius 2 is 2.38 bits per heavy atom. The lowest BCUT2D eigenvalue weighted by Gasteiger charge is -2.40. The van der Waals surface area contributed by atoms with E-state index in [1.165, 1.54) is 0 Å². The van der Waals surface area contributed by atoms with Crippen LogP contribution in [-0.2, 0) is 14.6 Å².